The maximum atomic E-state index is 12.6. The Labute approximate surface area is 180 Å². The van der Waals surface area contributed by atoms with Crippen molar-refractivity contribution in [1.82, 2.24) is 15.3 Å². The summed E-state index contributed by atoms with van der Waals surface area (Å²) in [4.78, 5) is 31.6. The SMILES string of the molecule is CCc1cc(-c2cncc(C(=O)NCCc3ccc(S(N)(=O)=O)cc3)c2)c(C)[nH]c1=O. The van der Waals surface area contributed by atoms with E-state index in [-0.39, 0.29) is 16.4 Å². The van der Waals surface area contributed by atoms with E-state index >= 15 is 0 Å². The van der Waals surface area contributed by atoms with Crippen LogP contribution in [0.25, 0.3) is 11.1 Å². The number of primary sulfonamides is 1. The molecule has 0 aliphatic rings. The molecule has 1 amide bonds. The summed E-state index contributed by atoms with van der Waals surface area (Å²) in [5.41, 5.74) is 4.13. The Morgan fingerprint density at radius 3 is 2.52 bits per heavy atom. The molecule has 2 heterocycles. The smallest absolute Gasteiger partial charge is 0.252 e. The molecular weight excluding hydrogens is 416 g/mol. The number of benzene rings is 1. The van der Waals surface area contributed by atoms with Gasteiger partial charge in [0.2, 0.25) is 10.0 Å². The third kappa shape index (κ3) is 5.44. The Morgan fingerprint density at radius 1 is 1.16 bits per heavy atom. The van der Waals surface area contributed by atoms with Gasteiger partial charge in [-0.2, -0.15) is 0 Å². The van der Waals surface area contributed by atoms with Gasteiger partial charge in [-0.05, 0) is 49.6 Å². The molecule has 0 atom stereocenters. The number of amides is 1. The Morgan fingerprint density at radius 2 is 1.87 bits per heavy atom. The van der Waals surface area contributed by atoms with E-state index in [1.165, 1.54) is 18.3 Å². The number of nitrogens with one attached hydrogen (secondary N) is 2. The first-order valence-electron chi connectivity index (χ1n) is 9.77. The van der Waals surface area contributed by atoms with Crippen LogP contribution in [0.2, 0.25) is 0 Å². The van der Waals surface area contributed by atoms with Crippen LogP contribution in [0.15, 0.2) is 58.5 Å². The van der Waals surface area contributed by atoms with Gasteiger partial charge in [-0.3, -0.25) is 14.6 Å². The minimum absolute atomic E-state index is 0.0481. The van der Waals surface area contributed by atoms with Crippen molar-refractivity contribution in [2.75, 3.05) is 6.54 Å². The third-order valence-electron chi connectivity index (χ3n) is 4.96. The number of carbonyl (C=O) groups is 1. The lowest BCUT2D eigenvalue weighted by Gasteiger charge is -2.10. The number of H-pyrrole nitrogens is 1. The average molecular weight is 441 g/mol. The molecule has 0 spiro atoms. The molecular formula is C22H24N4O4S. The highest BCUT2D eigenvalue weighted by molar-refractivity contribution is 7.89. The summed E-state index contributed by atoms with van der Waals surface area (Å²) >= 11 is 0. The van der Waals surface area contributed by atoms with Crippen LogP contribution in [0.3, 0.4) is 0 Å². The van der Waals surface area contributed by atoms with E-state index in [0.29, 0.717) is 36.2 Å². The quantitative estimate of drug-likeness (QED) is 0.516. The molecule has 0 unspecified atom stereocenters. The van der Waals surface area contributed by atoms with Gasteiger partial charge in [0.1, 0.15) is 0 Å². The number of nitrogens with zero attached hydrogens (tertiary/aromatic N) is 1. The van der Waals surface area contributed by atoms with Crippen LogP contribution in [0.1, 0.15) is 34.1 Å². The van der Waals surface area contributed by atoms with E-state index in [1.54, 1.807) is 24.4 Å². The average Bonchev–Trinajstić information content (AvgIpc) is 2.73. The number of hydrogen-bond acceptors (Lipinski definition) is 5. The van der Waals surface area contributed by atoms with Crippen LogP contribution in [-0.2, 0) is 22.9 Å². The molecule has 0 aliphatic carbocycles. The molecule has 1 aromatic carbocycles. The van der Waals surface area contributed by atoms with Crippen molar-refractivity contribution >= 4 is 15.9 Å². The number of hydrogen-bond donors (Lipinski definition) is 3. The summed E-state index contributed by atoms with van der Waals surface area (Å²) in [5.74, 6) is -0.270. The van der Waals surface area contributed by atoms with Gasteiger partial charge in [-0.25, -0.2) is 13.6 Å². The lowest BCUT2D eigenvalue weighted by Crippen LogP contribution is -2.25. The predicted octanol–water partition coefficient (Wildman–Crippen LogP) is 1.93. The van der Waals surface area contributed by atoms with E-state index in [4.69, 9.17) is 5.14 Å². The summed E-state index contributed by atoms with van der Waals surface area (Å²) in [6.45, 7) is 4.09. The first kappa shape index (κ1) is 22.4. The highest BCUT2D eigenvalue weighted by Gasteiger charge is 2.12. The van der Waals surface area contributed by atoms with Gasteiger partial charge < -0.3 is 10.3 Å². The summed E-state index contributed by atoms with van der Waals surface area (Å²) in [6, 6.07) is 9.78. The molecule has 0 bridgehead atoms. The standard InChI is InChI=1S/C22H24N4O4S/c1-3-16-11-20(14(2)26-22(16)28)17-10-18(13-24-12-17)21(27)25-9-8-15-4-6-19(7-5-15)31(23,29)30/h4-7,10-13H,3,8-9H2,1-2H3,(H,25,27)(H,26,28)(H2,23,29,30). The highest BCUT2D eigenvalue weighted by Crippen LogP contribution is 2.22. The Bertz CT molecular complexity index is 1270. The van der Waals surface area contributed by atoms with E-state index in [9.17, 15) is 18.0 Å². The summed E-state index contributed by atoms with van der Waals surface area (Å²) in [7, 11) is -3.72. The predicted molar refractivity (Wildman–Crippen MR) is 118 cm³/mol. The zero-order valence-electron chi connectivity index (χ0n) is 17.3. The van der Waals surface area contributed by atoms with Crippen molar-refractivity contribution in [3.63, 3.8) is 0 Å². The lowest BCUT2D eigenvalue weighted by molar-refractivity contribution is 0.0954. The van der Waals surface area contributed by atoms with Gasteiger partial charge >= 0.3 is 0 Å². The topological polar surface area (TPSA) is 135 Å². The third-order valence-corrected chi connectivity index (χ3v) is 5.89. The number of aryl methyl sites for hydroxylation is 2. The van der Waals surface area contributed by atoms with Crippen LogP contribution in [0.4, 0.5) is 0 Å². The molecule has 9 heteroatoms. The number of carbonyl (C=O) groups excluding carboxylic acids is 1. The summed E-state index contributed by atoms with van der Waals surface area (Å²) in [6.07, 6.45) is 4.28. The minimum atomic E-state index is -3.72. The number of rotatable bonds is 7. The van der Waals surface area contributed by atoms with Crippen LogP contribution in [0, 0.1) is 6.92 Å². The number of sulfonamides is 1. The van der Waals surface area contributed by atoms with Crippen molar-refractivity contribution in [1.29, 1.82) is 0 Å². The molecule has 3 aromatic rings. The molecule has 0 saturated heterocycles. The second-order valence-electron chi connectivity index (χ2n) is 7.17. The van der Waals surface area contributed by atoms with Crippen molar-refractivity contribution in [3.05, 3.63) is 81.5 Å². The lowest BCUT2D eigenvalue weighted by atomic mass is 10.0. The van der Waals surface area contributed by atoms with E-state index < -0.39 is 10.0 Å². The van der Waals surface area contributed by atoms with Crippen LogP contribution in [-0.4, -0.2) is 30.8 Å². The van der Waals surface area contributed by atoms with Crippen LogP contribution >= 0.6 is 0 Å². The normalized spacial score (nSPS) is 11.3. The first-order chi connectivity index (χ1) is 14.7. The molecule has 0 radical (unpaired) electrons. The van der Waals surface area contributed by atoms with Gasteiger partial charge in [0.05, 0.1) is 10.5 Å². The Balaban J connectivity index is 1.69. The zero-order valence-corrected chi connectivity index (χ0v) is 18.1. The number of aromatic amines is 1. The van der Waals surface area contributed by atoms with Crippen molar-refractivity contribution in [2.24, 2.45) is 5.14 Å². The fraction of sp³-hybridized carbons (Fsp3) is 0.227. The maximum absolute atomic E-state index is 12.6. The fourth-order valence-corrected chi connectivity index (χ4v) is 3.72. The molecule has 31 heavy (non-hydrogen) atoms. The molecule has 0 fully saturated rings. The second-order valence-corrected chi connectivity index (χ2v) is 8.73. The van der Waals surface area contributed by atoms with Gasteiger partial charge in [0.15, 0.2) is 0 Å². The molecule has 8 nitrogen and oxygen atoms in total. The van der Waals surface area contributed by atoms with E-state index in [2.05, 4.69) is 15.3 Å². The van der Waals surface area contributed by atoms with Gasteiger partial charge in [0.25, 0.3) is 11.5 Å². The maximum Gasteiger partial charge on any atom is 0.252 e. The second kappa shape index (κ2) is 9.23. The highest BCUT2D eigenvalue weighted by atomic mass is 32.2. The Hall–Kier alpha value is -3.30. The Kier molecular flexibility index (Phi) is 6.67. The molecule has 4 N–H and O–H groups in total. The van der Waals surface area contributed by atoms with Crippen LogP contribution in [0.5, 0.6) is 0 Å². The fourth-order valence-electron chi connectivity index (χ4n) is 3.21. The molecule has 162 valence electrons. The summed E-state index contributed by atoms with van der Waals surface area (Å²) in [5, 5.41) is 7.93. The molecule has 3 rings (SSSR count). The summed E-state index contributed by atoms with van der Waals surface area (Å²) < 4.78 is 22.6. The van der Waals surface area contributed by atoms with E-state index in [1.807, 2.05) is 19.9 Å². The van der Waals surface area contributed by atoms with Crippen molar-refractivity contribution in [3.8, 4) is 11.1 Å². The zero-order chi connectivity index (χ0) is 22.6. The van der Waals surface area contributed by atoms with Crippen LogP contribution < -0.4 is 16.0 Å². The minimum Gasteiger partial charge on any atom is -0.352 e. The number of nitrogens with two attached hydrogens (primary N) is 1. The van der Waals surface area contributed by atoms with E-state index in [0.717, 1.165) is 16.7 Å². The van der Waals surface area contributed by atoms with Crippen molar-refractivity contribution in [2.45, 2.75) is 31.6 Å². The monoisotopic (exact) mass is 440 g/mol. The molecule has 0 aliphatic heterocycles. The molecule has 0 saturated carbocycles. The van der Waals surface area contributed by atoms with Crippen molar-refractivity contribution < 1.29 is 13.2 Å². The first-order valence-corrected chi connectivity index (χ1v) is 11.3. The van der Waals surface area contributed by atoms with Gasteiger partial charge in [0, 0.05) is 41.3 Å². The molecule has 2 aromatic heterocycles. The number of aromatic nitrogens is 2. The van der Waals surface area contributed by atoms with Gasteiger partial charge in [-0.15, -0.1) is 0 Å². The largest absolute Gasteiger partial charge is 0.352 e. The number of pyridine rings is 2. The van der Waals surface area contributed by atoms with Gasteiger partial charge in [-0.1, -0.05) is 19.1 Å².